The Bertz CT molecular complexity index is 538. The molecule has 2 aliphatic rings. The Kier molecular flexibility index (Phi) is 3.68. The highest BCUT2D eigenvalue weighted by molar-refractivity contribution is 5.98. The maximum Gasteiger partial charge on any atom is 0.181 e. The number of hydrogen-bond acceptors (Lipinski definition) is 3. The Morgan fingerprint density at radius 2 is 1.95 bits per heavy atom. The Balaban J connectivity index is 2.11. The number of ketones is 1. The number of hydrogen-bond donors (Lipinski definition) is 1. The van der Waals surface area contributed by atoms with Gasteiger partial charge in [0.15, 0.2) is 5.78 Å². The molecule has 1 spiro atoms. The average molecular weight is 289 g/mol. The molecule has 1 fully saturated rings. The minimum absolute atomic E-state index is 0.147. The minimum Gasteiger partial charge on any atom is -0.317 e. The van der Waals surface area contributed by atoms with Gasteiger partial charge in [-0.1, -0.05) is 13.8 Å². The van der Waals surface area contributed by atoms with Crippen LogP contribution in [0.15, 0.2) is 6.20 Å². The van der Waals surface area contributed by atoms with Crippen LogP contribution in [0.3, 0.4) is 0 Å². The number of nitrogens with zero attached hydrogens (tertiary/aromatic N) is 2. The SMILES string of the molecule is CC(C)C1c2cnn(C(C)C)c2C(=O)CC12CCNCC2. The van der Waals surface area contributed by atoms with Crippen molar-refractivity contribution in [2.24, 2.45) is 11.3 Å². The van der Waals surface area contributed by atoms with E-state index in [-0.39, 0.29) is 11.5 Å². The molecular formula is C17H27N3O. The summed E-state index contributed by atoms with van der Waals surface area (Å²) in [4.78, 5) is 12.8. The lowest BCUT2D eigenvalue weighted by atomic mass is 9.57. The van der Waals surface area contributed by atoms with Crippen molar-refractivity contribution < 1.29 is 4.79 Å². The van der Waals surface area contributed by atoms with E-state index in [1.54, 1.807) is 0 Å². The highest BCUT2D eigenvalue weighted by Crippen LogP contribution is 2.54. The van der Waals surface area contributed by atoms with Crippen molar-refractivity contribution in [2.45, 2.75) is 58.9 Å². The zero-order valence-electron chi connectivity index (χ0n) is 13.6. The molecule has 1 aliphatic carbocycles. The molecule has 1 saturated heterocycles. The number of fused-ring (bicyclic) bond motifs is 1. The van der Waals surface area contributed by atoms with Crippen molar-refractivity contribution in [3.63, 3.8) is 0 Å². The summed E-state index contributed by atoms with van der Waals surface area (Å²) in [5, 5.41) is 7.98. The molecule has 1 aliphatic heterocycles. The molecule has 0 saturated carbocycles. The summed E-state index contributed by atoms with van der Waals surface area (Å²) < 4.78 is 1.93. The van der Waals surface area contributed by atoms with Crippen LogP contribution < -0.4 is 5.32 Å². The van der Waals surface area contributed by atoms with Crippen LogP contribution in [-0.2, 0) is 0 Å². The molecule has 1 aromatic heterocycles. The first-order valence-electron chi connectivity index (χ1n) is 8.27. The summed E-state index contributed by atoms with van der Waals surface area (Å²) in [5.74, 6) is 1.30. The summed E-state index contributed by atoms with van der Waals surface area (Å²) in [5.41, 5.74) is 2.23. The minimum atomic E-state index is 0.147. The fourth-order valence-corrected chi connectivity index (χ4v) is 4.61. The molecule has 3 rings (SSSR count). The molecule has 0 radical (unpaired) electrons. The summed E-state index contributed by atoms with van der Waals surface area (Å²) in [6.45, 7) is 10.8. The monoisotopic (exact) mass is 289 g/mol. The van der Waals surface area contributed by atoms with Crippen LogP contribution in [0.2, 0.25) is 0 Å². The van der Waals surface area contributed by atoms with Gasteiger partial charge in [-0.3, -0.25) is 9.48 Å². The number of piperidine rings is 1. The molecule has 1 N–H and O–H groups in total. The molecule has 4 heteroatoms. The van der Waals surface area contributed by atoms with Gasteiger partial charge in [-0.2, -0.15) is 5.10 Å². The Hall–Kier alpha value is -1.16. The van der Waals surface area contributed by atoms with Crippen molar-refractivity contribution in [1.29, 1.82) is 0 Å². The first-order valence-corrected chi connectivity index (χ1v) is 8.27. The quantitative estimate of drug-likeness (QED) is 0.909. The fourth-order valence-electron chi connectivity index (χ4n) is 4.61. The Labute approximate surface area is 127 Å². The molecule has 1 atom stereocenters. The summed E-state index contributed by atoms with van der Waals surface area (Å²) in [7, 11) is 0. The van der Waals surface area contributed by atoms with E-state index >= 15 is 0 Å². The average Bonchev–Trinajstić information content (AvgIpc) is 2.84. The summed E-state index contributed by atoms with van der Waals surface area (Å²) in [6.07, 6.45) is 4.88. The smallest absolute Gasteiger partial charge is 0.181 e. The van der Waals surface area contributed by atoms with Gasteiger partial charge in [0.05, 0.1) is 6.20 Å². The third kappa shape index (κ3) is 2.24. The molecule has 0 bridgehead atoms. The largest absolute Gasteiger partial charge is 0.317 e. The van der Waals surface area contributed by atoms with Crippen LogP contribution in [0.4, 0.5) is 0 Å². The van der Waals surface area contributed by atoms with Crippen LogP contribution >= 0.6 is 0 Å². The lowest BCUT2D eigenvalue weighted by molar-refractivity contribution is 0.0671. The maximum atomic E-state index is 12.8. The van der Waals surface area contributed by atoms with Gasteiger partial charge in [0.25, 0.3) is 0 Å². The topological polar surface area (TPSA) is 46.9 Å². The van der Waals surface area contributed by atoms with E-state index in [1.165, 1.54) is 5.56 Å². The highest BCUT2D eigenvalue weighted by atomic mass is 16.1. The lowest BCUT2D eigenvalue weighted by Gasteiger charge is -2.48. The standard InChI is InChI=1S/C17H27N3O/c1-11(2)15-13-10-19-20(12(3)4)16(13)14(21)9-17(15)5-7-18-8-6-17/h10-12,15,18H,5-9H2,1-4H3. The van der Waals surface area contributed by atoms with Gasteiger partial charge in [0, 0.05) is 18.0 Å². The number of carbonyl (C=O) groups is 1. The van der Waals surface area contributed by atoms with Crippen LogP contribution in [-0.4, -0.2) is 28.7 Å². The summed E-state index contributed by atoms with van der Waals surface area (Å²) in [6, 6.07) is 0.243. The van der Waals surface area contributed by atoms with E-state index in [0.717, 1.165) is 31.6 Å². The fraction of sp³-hybridized carbons (Fsp3) is 0.765. The number of Topliss-reactive ketones (excluding diaryl/α,β-unsaturated/α-hetero) is 1. The van der Waals surface area contributed by atoms with Gasteiger partial charge in [-0.15, -0.1) is 0 Å². The number of nitrogens with one attached hydrogen (secondary N) is 1. The van der Waals surface area contributed by atoms with Crippen LogP contribution in [0, 0.1) is 11.3 Å². The van der Waals surface area contributed by atoms with E-state index < -0.39 is 0 Å². The number of carbonyl (C=O) groups excluding carboxylic acids is 1. The van der Waals surface area contributed by atoms with Gasteiger partial charge in [-0.05, 0) is 57.0 Å². The van der Waals surface area contributed by atoms with E-state index in [1.807, 2.05) is 10.9 Å². The van der Waals surface area contributed by atoms with Crippen molar-refractivity contribution >= 4 is 5.78 Å². The molecule has 0 amide bonds. The predicted molar refractivity (Wildman–Crippen MR) is 83.7 cm³/mol. The number of aromatic nitrogens is 2. The maximum absolute atomic E-state index is 12.8. The second kappa shape index (κ2) is 5.24. The number of rotatable bonds is 2. The van der Waals surface area contributed by atoms with Crippen LogP contribution in [0.1, 0.15) is 75.0 Å². The summed E-state index contributed by atoms with van der Waals surface area (Å²) >= 11 is 0. The lowest BCUT2D eigenvalue weighted by Crippen LogP contribution is -2.46. The zero-order chi connectivity index (χ0) is 15.2. The molecule has 1 unspecified atom stereocenters. The van der Waals surface area contributed by atoms with Crippen molar-refractivity contribution in [1.82, 2.24) is 15.1 Å². The molecule has 4 nitrogen and oxygen atoms in total. The molecule has 2 heterocycles. The Morgan fingerprint density at radius 1 is 1.29 bits per heavy atom. The van der Waals surface area contributed by atoms with Crippen molar-refractivity contribution in [3.8, 4) is 0 Å². The predicted octanol–water partition coefficient (Wildman–Crippen LogP) is 3.16. The van der Waals surface area contributed by atoms with E-state index in [0.29, 0.717) is 24.0 Å². The second-order valence-electron chi connectivity index (χ2n) is 7.42. The third-order valence-corrected chi connectivity index (χ3v) is 5.35. The third-order valence-electron chi connectivity index (χ3n) is 5.35. The van der Waals surface area contributed by atoms with Gasteiger partial charge >= 0.3 is 0 Å². The van der Waals surface area contributed by atoms with E-state index in [9.17, 15) is 4.79 Å². The highest BCUT2D eigenvalue weighted by Gasteiger charge is 2.49. The van der Waals surface area contributed by atoms with Gasteiger partial charge in [0.1, 0.15) is 5.69 Å². The Morgan fingerprint density at radius 3 is 2.52 bits per heavy atom. The van der Waals surface area contributed by atoms with Gasteiger partial charge < -0.3 is 5.32 Å². The molecule has 0 aromatic carbocycles. The van der Waals surface area contributed by atoms with Gasteiger partial charge in [-0.25, -0.2) is 0 Å². The van der Waals surface area contributed by atoms with Crippen molar-refractivity contribution in [3.05, 3.63) is 17.5 Å². The first kappa shape index (κ1) is 14.8. The van der Waals surface area contributed by atoms with Crippen LogP contribution in [0.25, 0.3) is 0 Å². The first-order chi connectivity index (χ1) is 9.96. The molecular weight excluding hydrogens is 262 g/mol. The normalized spacial score (nSPS) is 24.9. The molecule has 116 valence electrons. The van der Waals surface area contributed by atoms with Crippen LogP contribution in [0.5, 0.6) is 0 Å². The molecule has 21 heavy (non-hydrogen) atoms. The van der Waals surface area contributed by atoms with E-state index in [2.05, 4.69) is 38.1 Å². The van der Waals surface area contributed by atoms with Crippen molar-refractivity contribution in [2.75, 3.05) is 13.1 Å². The second-order valence-corrected chi connectivity index (χ2v) is 7.42. The molecule has 1 aromatic rings. The zero-order valence-corrected chi connectivity index (χ0v) is 13.6. The van der Waals surface area contributed by atoms with E-state index in [4.69, 9.17) is 0 Å². The van der Waals surface area contributed by atoms with Gasteiger partial charge in [0.2, 0.25) is 0 Å².